The van der Waals surface area contributed by atoms with Crippen molar-refractivity contribution in [1.29, 1.82) is 0 Å². The van der Waals surface area contributed by atoms with Gasteiger partial charge in [-0.05, 0) is 44.6 Å². The van der Waals surface area contributed by atoms with Crippen molar-refractivity contribution in [3.63, 3.8) is 0 Å². The van der Waals surface area contributed by atoms with Crippen LogP contribution in [-0.2, 0) is 27.3 Å². The summed E-state index contributed by atoms with van der Waals surface area (Å²) in [6, 6.07) is 0. The average Bonchev–Trinajstić information content (AvgIpc) is 3.34. The van der Waals surface area contributed by atoms with E-state index in [0.29, 0.717) is 58.0 Å². The molecule has 8 heteroatoms. The Morgan fingerprint density at radius 3 is 1.97 bits per heavy atom. The number of aromatic nitrogens is 2. The Labute approximate surface area is 179 Å². The minimum absolute atomic E-state index is 0.100. The number of likely N-dealkylation sites (tertiary alicyclic amines) is 1. The lowest BCUT2D eigenvalue weighted by Gasteiger charge is -2.35. The Hall–Kier alpha value is -2.38. The van der Waals surface area contributed by atoms with E-state index in [9.17, 15) is 14.4 Å². The van der Waals surface area contributed by atoms with Crippen LogP contribution in [0, 0.1) is 19.8 Å². The first-order valence-corrected chi connectivity index (χ1v) is 11.2. The number of carbonyl (C=O) groups excluding carboxylic acids is 3. The van der Waals surface area contributed by atoms with Crippen molar-refractivity contribution in [1.82, 2.24) is 24.5 Å². The van der Waals surface area contributed by atoms with E-state index in [2.05, 4.69) is 25.9 Å². The van der Waals surface area contributed by atoms with Crippen molar-refractivity contribution >= 4 is 17.7 Å². The molecule has 3 heterocycles. The summed E-state index contributed by atoms with van der Waals surface area (Å²) in [5.74, 6) is -0.193. The molecule has 8 nitrogen and oxygen atoms in total. The van der Waals surface area contributed by atoms with Crippen molar-refractivity contribution in [2.24, 2.45) is 5.92 Å². The first-order valence-electron chi connectivity index (χ1n) is 11.2. The third-order valence-electron chi connectivity index (χ3n) is 6.15. The Kier molecular flexibility index (Phi) is 7.15. The first kappa shape index (κ1) is 22.3. The molecule has 1 aromatic rings. The standard InChI is InChI=1S/C22H35N5O3/c1-16(2)15-27-18(4)19(17(3)23-27)7-8-20(28)24-11-13-26(14-12-24)22(30)21(29)25-9-5-6-10-25/h16H,5-15H2,1-4H3. The number of nitrogens with zero attached hydrogens (tertiary/aromatic N) is 5. The van der Waals surface area contributed by atoms with Gasteiger partial charge in [0.05, 0.1) is 5.69 Å². The summed E-state index contributed by atoms with van der Waals surface area (Å²) in [6.07, 6.45) is 3.06. The van der Waals surface area contributed by atoms with Crippen LogP contribution in [0.5, 0.6) is 0 Å². The van der Waals surface area contributed by atoms with E-state index < -0.39 is 11.8 Å². The van der Waals surface area contributed by atoms with Gasteiger partial charge in [0.25, 0.3) is 0 Å². The molecule has 3 amide bonds. The maximum absolute atomic E-state index is 12.7. The largest absolute Gasteiger partial charge is 0.339 e. The second kappa shape index (κ2) is 9.62. The summed E-state index contributed by atoms with van der Waals surface area (Å²) in [4.78, 5) is 42.5. The van der Waals surface area contributed by atoms with Gasteiger partial charge in [-0.3, -0.25) is 19.1 Å². The van der Waals surface area contributed by atoms with Gasteiger partial charge in [0.1, 0.15) is 0 Å². The van der Waals surface area contributed by atoms with Crippen LogP contribution in [0.3, 0.4) is 0 Å². The highest BCUT2D eigenvalue weighted by Crippen LogP contribution is 2.18. The van der Waals surface area contributed by atoms with Gasteiger partial charge in [-0.1, -0.05) is 13.8 Å². The lowest BCUT2D eigenvalue weighted by atomic mass is 10.1. The predicted molar refractivity (Wildman–Crippen MR) is 114 cm³/mol. The van der Waals surface area contributed by atoms with Crippen LogP contribution in [0.4, 0.5) is 0 Å². The summed E-state index contributed by atoms with van der Waals surface area (Å²) in [7, 11) is 0. The molecule has 166 valence electrons. The van der Waals surface area contributed by atoms with Crippen molar-refractivity contribution in [2.75, 3.05) is 39.3 Å². The normalized spacial score (nSPS) is 17.2. The first-order chi connectivity index (χ1) is 14.3. The zero-order chi connectivity index (χ0) is 21.8. The SMILES string of the molecule is Cc1nn(CC(C)C)c(C)c1CCC(=O)N1CCN(C(=O)C(=O)N2CCCC2)CC1. The van der Waals surface area contributed by atoms with Crippen LogP contribution in [0.25, 0.3) is 0 Å². The predicted octanol–water partition coefficient (Wildman–Crippen LogP) is 1.38. The van der Waals surface area contributed by atoms with E-state index in [-0.39, 0.29) is 5.91 Å². The van der Waals surface area contributed by atoms with Crippen LogP contribution >= 0.6 is 0 Å². The molecule has 0 bridgehead atoms. The van der Waals surface area contributed by atoms with E-state index in [4.69, 9.17) is 0 Å². The van der Waals surface area contributed by atoms with E-state index in [1.165, 1.54) is 0 Å². The van der Waals surface area contributed by atoms with Crippen molar-refractivity contribution in [2.45, 2.75) is 59.9 Å². The maximum Gasteiger partial charge on any atom is 0.312 e. The second-order valence-electron chi connectivity index (χ2n) is 8.90. The topological polar surface area (TPSA) is 78.8 Å². The zero-order valence-electron chi connectivity index (χ0n) is 18.8. The fraction of sp³-hybridized carbons (Fsp3) is 0.727. The lowest BCUT2D eigenvalue weighted by Crippen LogP contribution is -2.54. The minimum Gasteiger partial charge on any atom is -0.339 e. The summed E-state index contributed by atoms with van der Waals surface area (Å²) < 4.78 is 2.04. The molecule has 2 aliphatic rings. The number of rotatable bonds is 5. The van der Waals surface area contributed by atoms with Gasteiger partial charge in [-0.25, -0.2) is 0 Å². The molecule has 0 aromatic carbocycles. The Balaban J connectivity index is 1.48. The van der Waals surface area contributed by atoms with Crippen molar-refractivity contribution < 1.29 is 14.4 Å². The lowest BCUT2D eigenvalue weighted by molar-refractivity contribution is -0.153. The molecular formula is C22H35N5O3. The molecule has 2 fully saturated rings. The molecule has 0 unspecified atom stereocenters. The third-order valence-corrected chi connectivity index (χ3v) is 6.15. The molecule has 0 saturated carbocycles. The van der Waals surface area contributed by atoms with Gasteiger partial charge >= 0.3 is 11.8 Å². The van der Waals surface area contributed by atoms with E-state index in [1.54, 1.807) is 9.80 Å². The molecule has 0 spiro atoms. The summed E-state index contributed by atoms with van der Waals surface area (Å²) in [6.45, 7) is 12.5. The molecular weight excluding hydrogens is 382 g/mol. The van der Waals surface area contributed by atoms with Gasteiger partial charge < -0.3 is 14.7 Å². The van der Waals surface area contributed by atoms with Crippen molar-refractivity contribution in [3.8, 4) is 0 Å². The van der Waals surface area contributed by atoms with Gasteiger partial charge in [-0.15, -0.1) is 0 Å². The van der Waals surface area contributed by atoms with Crippen LogP contribution in [0.2, 0.25) is 0 Å². The van der Waals surface area contributed by atoms with Gasteiger partial charge in [0, 0.05) is 57.9 Å². The molecule has 1 aromatic heterocycles. The monoisotopic (exact) mass is 417 g/mol. The Bertz CT molecular complexity index is 787. The number of carbonyl (C=O) groups is 3. The molecule has 2 aliphatic heterocycles. The highest BCUT2D eigenvalue weighted by Gasteiger charge is 2.31. The summed E-state index contributed by atoms with van der Waals surface area (Å²) in [5, 5.41) is 4.63. The fourth-order valence-corrected chi connectivity index (χ4v) is 4.36. The van der Waals surface area contributed by atoms with Gasteiger partial charge in [0.15, 0.2) is 0 Å². The molecule has 30 heavy (non-hydrogen) atoms. The quantitative estimate of drug-likeness (QED) is 0.678. The molecule has 0 atom stereocenters. The Morgan fingerprint density at radius 1 is 0.867 bits per heavy atom. The number of piperazine rings is 1. The molecule has 2 saturated heterocycles. The summed E-state index contributed by atoms with van der Waals surface area (Å²) >= 11 is 0. The van der Waals surface area contributed by atoms with E-state index in [0.717, 1.165) is 36.3 Å². The molecule has 0 aliphatic carbocycles. The maximum atomic E-state index is 12.7. The average molecular weight is 418 g/mol. The highest BCUT2D eigenvalue weighted by molar-refractivity contribution is 6.35. The fourth-order valence-electron chi connectivity index (χ4n) is 4.36. The molecule has 0 N–H and O–H groups in total. The highest BCUT2D eigenvalue weighted by atomic mass is 16.2. The van der Waals surface area contributed by atoms with Crippen LogP contribution in [0.1, 0.15) is 50.1 Å². The third kappa shape index (κ3) is 5.02. The number of hydrogen-bond acceptors (Lipinski definition) is 4. The second-order valence-corrected chi connectivity index (χ2v) is 8.90. The smallest absolute Gasteiger partial charge is 0.312 e. The minimum atomic E-state index is -0.423. The number of amides is 3. The van der Waals surface area contributed by atoms with Crippen LogP contribution in [0.15, 0.2) is 0 Å². The zero-order valence-corrected chi connectivity index (χ0v) is 18.8. The van der Waals surface area contributed by atoms with Gasteiger partial charge in [0.2, 0.25) is 5.91 Å². The summed E-state index contributed by atoms with van der Waals surface area (Å²) in [5.41, 5.74) is 3.30. The number of hydrogen-bond donors (Lipinski definition) is 0. The van der Waals surface area contributed by atoms with Crippen LogP contribution < -0.4 is 0 Å². The Morgan fingerprint density at radius 2 is 1.40 bits per heavy atom. The van der Waals surface area contributed by atoms with Gasteiger partial charge in [-0.2, -0.15) is 5.10 Å². The van der Waals surface area contributed by atoms with E-state index >= 15 is 0 Å². The van der Waals surface area contributed by atoms with Crippen molar-refractivity contribution in [3.05, 3.63) is 17.0 Å². The molecule has 0 radical (unpaired) electrons. The molecule has 3 rings (SSSR count). The van der Waals surface area contributed by atoms with Crippen LogP contribution in [-0.4, -0.2) is 81.5 Å². The number of aryl methyl sites for hydroxylation is 1. The van der Waals surface area contributed by atoms with E-state index in [1.807, 2.05) is 16.5 Å².